The zero-order chi connectivity index (χ0) is 13.4. The van der Waals surface area contributed by atoms with Crippen LogP contribution in [0.15, 0.2) is 35.8 Å². The Morgan fingerprint density at radius 1 is 1.37 bits per heavy atom. The molecule has 0 bridgehead atoms. The molecule has 0 atom stereocenters. The normalized spacial score (nSPS) is 10.7. The van der Waals surface area contributed by atoms with Gasteiger partial charge in [0.15, 0.2) is 5.69 Å². The number of hydrogen-bond donors (Lipinski definition) is 3. The van der Waals surface area contributed by atoms with Gasteiger partial charge in [0.25, 0.3) is 0 Å². The monoisotopic (exact) mass is 271 g/mol. The van der Waals surface area contributed by atoms with Gasteiger partial charge in [-0.25, -0.2) is 9.78 Å². The van der Waals surface area contributed by atoms with E-state index in [9.17, 15) is 4.79 Å². The van der Waals surface area contributed by atoms with Crippen molar-refractivity contribution in [1.82, 2.24) is 9.97 Å². The van der Waals surface area contributed by atoms with Gasteiger partial charge < -0.3 is 10.1 Å². The van der Waals surface area contributed by atoms with Crippen LogP contribution in [0.3, 0.4) is 0 Å². The first-order valence-electron chi connectivity index (χ1n) is 5.51. The van der Waals surface area contributed by atoms with Crippen molar-refractivity contribution in [3.05, 3.63) is 52.1 Å². The zero-order valence-electron chi connectivity index (χ0n) is 9.68. The molecule has 2 aromatic heterocycles. The Balaban J connectivity index is 2.05. The van der Waals surface area contributed by atoms with E-state index in [1.54, 1.807) is 6.20 Å². The third-order valence-electron chi connectivity index (χ3n) is 2.80. The predicted molar refractivity (Wildman–Crippen MR) is 73.3 cm³/mol. The van der Waals surface area contributed by atoms with Gasteiger partial charge >= 0.3 is 5.97 Å². The first-order valence-corrected chi connectivity index (χ1v) is 6.39. The van der Waals surface area contributed by atoms with Crippen LogP contribution in [0.1, 0.15) is 21.1 Å². The first kappa shape index (κ1) is 11.6. The predicted octanol–water partition coefficient (Wildman–Crippen LogP) is 2.74. The fourth-order valence-electron chi connectivity index (χ4n) is 1.88. The van der Waals surface area contributed by atoms with E-state index < -0.39 is 5.97 Å². The summed E-state index contributed by atoms with van der Waals surface area (Å²) < 4.78 is 0. The van der Waals surface area contributed by atoms with Crippen molar-refractivity contribution in [1.29, 1.82) is 5.41 Å². The highest BCUT2D eigenvalue weighted by molar-refractivity contribution is 7.12. The van der Waals surface area contributed by atoms with Gasteiger partial charge in [-0.1, -0.05) is 18.2 Å². The lowest BCUT2D eigenvalue weighted by molar-refractivity contribution is 0.0691. The molecular weight excluding hydrogens is 262 g/mol. The van der Waals surface area contributed by atoms with Gasteiger partial charge in [-0.3, -0.25) is 5.41 Å². The van der Waals surface area contributed by atoms with E-state index in [2.05, 4.69) is 9.97 Å². The third-order valence-corrected chi connectivity index (χ3v) is 3.66. The van der Waals surface area contributed by atoms with Gasteiger partial charge in [-0.2, -0.15) is 0 Å². The smallest absolute Gasteiger partial charge is 0.355 e. The van der Waals surface area contributed by atoms with E-state index in [4.69, 9.17) is 10.5 Å². The van der Waals surface area contributed by atoms with Crippen LogP contribution in [0, 0.1) is 5.41 Å². The standard InChI is InChI=1S/C13H9N3O2S/c14-11(12-16-10(6-19-12)13(17)18)8-5-15-9-4-2-1-3-7(8)9/h1-6,14-15H,(H,17,18). The van der Waals surface area contributed by atoms with Gasteiger partial charge in [0.2, 0.25) is 0 Å². The number of carboxylic acid groups (broad SMARTS) is 1. The summed E-state index contributed by atoms with van der Waals surface area (Å²) in [5.74, 6) is -1.07. The van der Waals surface area contributed by atoms with Crippen LogP contribution in [0.4, 0.5) is 0 Å². The molecule has 2 heterocycles. The summed E-state index contributed by atoms with van der Waals surface area (Å²) in [4.78, 5) is 17.8. The van der Waals surface area contributed by atoms with Gasteiger partial charge in [-0.15, -0.1) is 11.3 Å². The van der Waals surface area contributed by atoms with E-state index in [-0.39, 0.29) is 11.4 Å². The molecule has 0 spiro atoms. The number of nitrogens with zero attached hydrogens (tertiary/aromatic N) is 1. The molecule has 0 aliphatic rings. The van der Waals surface area contributed by atoms with E-state index in [1.807, 2.05) is 24.3 Å². The number of aromatic carboxylic acids is 1. The number of rotatable bonds is 3. The highest BCUT2D eigenvalue weighted by Gasteiger charge is 2.16. The maximum absolute atomic E-state index is 10.8. The van der Waals surface area contributed by atoms with Crippen LogP contribution in [-0.2, 0) is 0 Å². The van der Waals surface area contributed by atoms with Crippen LogP contribution in [-0.4, -0.2) is 26.8 Å². The molecule has 0 saturated heterocycles. The topological polar surface area (TPSA) is 89.8 Å². The molecule has 1 aromatic carbocycles. The number of aromatic nitrogens is 2. The second-order valence-electron chi connectivity index (χ2n) is 3.97. The third kappa shape index (κ3) is 1.92. The molecule has 19 heavy (non-hydrogen) atoms. The molecule has 3 N–H and O–H groups in total. The van der Waals surface area contributed by atoms with Crippen molar-refractivity contribution in [3.63, 3.8) is 0 Å². The van der Waals surface area contributed by atoms with Crippen molar-refractivity contribution in [2.45, 2.75) is 0 Å². The Kier molecular flexibility index (Phi) is 2.64. The second-order valence-corrected chi connectivity index (χ2v) is 4.82. The van der Waals surface area contributed by atoms with Crippen LogP contribution < -0.4 is 0 Å². The van der Waals surface area contributed by atoms with Gasteiger partial charge in [0.1, 0.15) is 5.01 Å². The van der Waals surface area contributed by atoms with Crippen LogP contribution in [0.5, 0.6) is 0 Å². The van der Waals surface area contributed by atoms with E-state index in [1.165, 1.54) is 5.38 Å². The summed E-state index contributed by atoms with van der Waals surface area (Å²) >= 11 is 1.16. The van der Waals surface area contributed by atoms with Crippen LogP contribution >= 0.6 is 11.3 Å². The average Bonchev–Trinajstić information content (AvgIpc) is 3.05. The quantitative estimate of drug-likeness (QED) is 0.640. The van der Waals surface area contributed by atoms with Gasteiger partial charge in [0, 0.05) is 28.0 Å². The minimum absolute atomic E-state index is 0.0235. The molecule has 94 valence electrons. The molecule has 0 aliphatic carbocycles. The number of carboxylic acids is 1. The van der Waals surface area contributed by atoms with E-state index in [0.717, 1.165) is 27.8 Å². The average molecular weight is 271 g/mol. The highest BCUT2D eigenvalue weighted by Crippen LogP contribution is 2.22. The minimum Gasteiger partial charge on any atom is -0.476 e. The van der Waals surface area contributed by atoms with E-state index >= 15 is 0 Å². The van der Waals surface area contributed by atoms with Crippen LogP contribution in [0.25, 0.3) is 10.9 Å². The summed E-state index contributed by atoms with van der Waals surface area (Å²) in [5, 5.41) is 19.8. The van der Waals surface area contributed by atoms with Crippen molar-refractivity contribution in [2.24, 2.45) is 0 Å². The van der Waals surface area contributed by atoms with Crippen molar-refractivity contribution >= 4 is 33.9 Å². The number of hydrogen-bond acceptors (Lipinski definition) is 4. The first-order chi connectivity index (χ1) is 9.16. The van der Waals surface area contributed by atoms with Crippen molar-refractivity contribution in [3.8, 4) is 0 Å². The number of aromatic amines is 1. The number of carbonyl (C=O) groups is 1. The summed E-state index contributed by atoms with van der Waals surface area (Å²) in [6.07, 6.45) is 1.74. The number of benzene rings is 1. The fourth-order valence-corrected chi connectivity index (χ4v) is 2.64. The lowest BCUT2D eigenvalue weighted by Crippen LogP contribution is -2.02. The molecule has 3 aromatic rings. The number of para-hydroxylation sites is 1. The highest BCUT2D eigenvalue weighted by atomic mass is 32.1. The molecular formula is C13H9N3O2S. The Morgan fingerprint density at radius 3 is 2.89 bits per heavy atom. The number of nitrogens with one attached hydrogen (secondary N) is 2. The van der Waals surface area contributed by atoms with E-state index in [0.29, 0.717) is 5.01 Å². The lowest BCUT2D eigenvalue weighted by Gasteiger charge is -1.97. The fraction of sp³-hybridized carbons (Fsp3) is 0. The molecule has 0 aliphatic heterocycles. The minimum atomic E-state index is -1.07. The summed E-state index contributed by atoms with van der Waals surface area (Å²) in [6.45, 7) is 0. The summed E-state index contributed by atoms with van der Waals surface area (Å²) in [7, 11) is 0. The zero-order valence-corrected chi connectivity index (χ0v) is 10.5. The Morgan fingerprint density at radius 2 is 2.16 bits per heavy atom. The number of fused-ring (bicyclic) bond motifs is 1. The maximum Gasteiger partial charge on any atom is 0.355 e. The molecule has 3 rings (SSSR count). The van der Waals surface area contributed by atoms with Crippen molar-refractivity contribution < 1.29 is 9.90 Å². The van der Waals surface area contributed by atoms with Gasteiger partial charge in [0.05, 0.1) is 5.71 Å². The second kappa shape index (κ2) is 4.33. The summed E-state index contributed by atoms with van der Waals surface area (Å²) in [5.41, 5.74) is 1.87. The Bertz CT molecular complexity index is 788. The maximum atomic E-state index is 10.8. The Hall–Kier alpha value is -2.47. The van der Waals surface area contributed by atoms with Crippen molar-refractivity contribution in [2.75, 3.05) is 0 Å². The van der Waals surface area contributed by atoms with Gasteiger partial charge in [-0.05, 0) is 6.07 Å². The molecule has 0 unspecified atom stereocenters. The number of thiazole rings is 1. The number of H-pyrrole nitrogens is 1. The summed E-state index contributed by atoms with van der Waals surface area (Å²) in [6, 6.07) is 7.66. The molecule has 6 heteroatoms. The largest absolute Gasteiger partial charge is 0.476 e. The molecule has 0 radical (unpaired) electrons. The molecule has 0 amide bonds. The molecule has 5 nitrogen and oxygen atoms in total. The Labute approximate surface area is 112 Å². The SMILES string of the molecule is N=C(c1nc(C(=O)O)cs1)c1c[nH]c2ccccc12. The lowest BCUT2D eigenvalue weighted by atomic mass is 10.1. The molecule has 0 saturated carbocycles. The van der Waals surface area contributed by atoms with Crippen LogP contribution in [0.2, 0.25) is 0 Å². The molecule has 0 fully saturated rings.